The number of hydrogen-bond acceptors (Lipinski definition) is 3. The van der Waals surface area contributed by atoms with Crippen molar-refractivity contribution in [1.82, 2.24) is 10.2 Å². The molecule has 4 nitrogen and oxygen atoms in total. The van der Waals surface area contributed by atoms with E-state index in [1.165, 1.54) is 18.4 Å². The summed E-state index contributed by atoms with van der Waals surface area (Å²) in [4.78, 5) is 13.4. The van der Waals surface area contributed by atoms with Gasteiger partial charge in [-0.1, -0.05) is 6.42 Å². The molecule has 128 valence electrons. The fourth-order valence-corrected chi connectivity index (χ4v) is 3.90. The van der Waals surface area contributed by atoms with Crippen molar-refractivity contribution in [3.8, 4) is 0 Å². The van der Waals surface area contributed by atoms with E-state index in [4.69, 9.17) is 5.73 Å². The van der Waals surface area contributed by atoms with E-state index in [1.54, 1.807) is 0 Å². The van der Waals surface area contributed by atoms with E-state index < -0.39 is 12.7 Å². The van der Waals surface area contributed by atoms with Gasteiger partial charge >= 0.3 is 6.18 Å². The third-order valence-electron chi connectivity index (χ3n) is 5.03. The molecule has 0 heterocycles. The van der Waals surface area contributed by atoms with Gasteiger partial charge in [0.05, 0.1) is 6.54 Å². The molecule has 2 aliphatic rings. The van der Waals surface area contributed by atoms with Crippen LogP contribution in [0.4, 0.5) is 13.2 Å². The summed E-state index contributed by atoms with van der Waals surface area (Å²) in [6, 6.07) is 0.218. The summed E-state index contributed by atoms with van der Waals surface area (Å²) in [5.74, 6) is 0.805. The summed E-state index contributed by atoms with van der Waals surface area (Å²) < 4.78 is 36.6. The number of rotatable bonds is 5. The van der Waals surface area contributed by atoms with Crippen LogP contribution in [0.1, 0.15) is 32.1 Å². The number of amides is 1. The molecular formula is C15H26F3N3O. The van der Waals surface area contributed by atoms with Gasteiger partial charge in [0.2, 0.25) is 5.91 Å². The van der Waals surface area contributed by atoms with E-state index in [-0.39, 0.29) is 31.0 Å². The second kappa shape index (κ2) is 7.17. The Hall–Kier alpha value is -0.820. The lowest BCUT2D eigenvalue weighted by Crippen LogP contribution is -2.49. The molecule has 7 heteroatoms. The maximum absolute atomic E-state index is 12.2. The fourth-order valence-electron chi connectivity index (χ4n) is 3.90. The number of likely N-dealkylation sites (N-methyl/N-ethyl adjacent to an activating group) is 1. The molecule has 0 radical (unpaired) electrons. The molecule has 0 aliphatic heterocycles. The predicted molar refractivity (Wildman–Crippen MR) is 78.1 cm³/mol. The molecule has 2 aliphatic carbocycles. The number of nitrogens with one attached hydrogen (secondary N) is 1. The Bertz CT molecular complexity index is 375. The molecule has 1 amide bonds. The van der Waals surface area contributed by atoms with Crippen molar-refractivity contribution in [3.63, 3.8) is 0 Å². The molecular weight excluding hydrogens is 295 g/mol. The van der Waals surface area contributed by atoms with E-state index in [0.29, 0.717) is 11.8 Å². The number of nitrogens with two attached hydrogens (primary N) is 1. The van der Waals surface area contributed by atoms with Crippen molar-refractivity contribution in [2.75, 3.05) is 26.7 Å². The maximum Gasteiger partial charge on any atom is 0.401 e. The Kier molecular flexibility index (Phi) is 5.71. The first kappa shape index (κ1) is 17.5. The minimum Gasteiger partial charge on any atom is -0.355 e. The number of nitrogens with zero attached hydrogens (tertiary/aromatic N) is 1. The molecule has 0 saturated heterocycles. The van der Waals surface area contributed by atoms with E-state index in [0.717, 1.165) is 25.7 Å². The zero-order valence-corrected chi connectivity index (χ0v) is 13.0. The van der Waals surface area contributed by atoms with Crippen LogP contribution in [-0.4, -0.2) is 49.7 Å². The van der Waals surface area contributed by atoms with Crippen LogP contribution >= 0.6 is 0 Å². The number of alkyl halides is 3. The summed E-state index contributed by atoms with van der Waals surface area (Å²) >= 11 is 0. The van der Waals surface area contributed by atoms with Crippen molar-refractivity contribution < 1.29 is 18.0 Å². The lowest BCUT2D eigenvalue weighted by molar-refractivity contribution is -0.142. The molecule has 2 fully saturated rings. The standard InChI is InChI=1S/C15H26F3N3O/c1-21(9-15(16,17)18)6-5-20-14(22)12-7-10-3-2-4-11(8-12)13(10)19/h10-13H,2-9,19H2,1H3,(H,20,22). The highest BCUT2D eigenvalue weighted by Gasteiger charge is 2.40. The number of halogens is 3. The Morgan fingerprint density at radius 1 is 1.27 bits per heavy atom. The van der Waals surface area contributed by atoms with E-state index in [2.05, 4.69) is 5.32 Å². The smallest absolute Gasteiger partial charge is 0.355 e. The summed E-state index contributed by atoms with van der Waals surface area (Å²) in [5, 5.41) is 2.78. The van der Waals surface area contributed by atoms with Gasteiger partial charge in [0.25, 0.3) is 0 Å². The maximum atomic E-state index is 12.2. The van der Waals surface area contributed by atoms with Gasteiger partial charge in [-0.3, -0.25) is 9.69 Å². The molecule has 2 unspecified atom stereocenters. The van der Waals surface area contributed by atoms with Gasteiger partial charge in [-0.15, -0.1) is 0 Å². The largest absolute Gasteiger partial charge is 0.401 e. The van der Waals surface area contributed by atoms with E-state index in [1.807, 2.05) is 0 Å². The van der Waals surface area contributed by atoms with E-state index >= 15 is 0 Å². The average molecular weight is 321 g/mol. The Balaban J connectivity index is 1.72. The van der Waals surface area contributed by atoms with Crippen LogP contribution < -0.4 is 11.1 Å². The highest BCUT2D eigenvalue weighted by Crippen LogP contribution is 2.41. The third-order valence-corrected chi connectivity index (χ3v) is 5.03. The lowest BCUT2D eigenvalue weighted by atomic mass is 9.65. The zero-order chi connectivity index (χ0) is 16.3. The SMILES string of the molecule is CN(CCNC(=O)C1CC2CCCC(C1)C2N)CC(F)(F)F. The van der Waals surface area contributed by atoms with Crippen LogP contribution in [0.25, 0.3) is 0 Å². The molecule has 0 aromatic heterocycles. The van der Waals surface area contributed by atoms with Gasteiger partial charge in [-0.25, -0.2) is 0 Å². The number of carbonyl (C=O) groups excluding carboxylic acids is 1. The minimum absolute atomic E-state index is 0.0239. The van der Waals surface area contributed by atoms with Gasteiger partial charge in [0.15, 0.2) is 0 Å². The zero-order valence-electron chi connectivity index (χ0n) is 13.0. The van der Waals surface area contributed by atoms with Gasteiger partial charge in [0, 0.05) is 25.0 Å². The van der Waals surface area contributed by atoms with Crippen LogP contribution in [0.2, 0.25) is 0 Å². The van der Waals surface area contributed by atoms with Crippen molar-refractivity contribution in [2.24, 2.45) is 23.5 Å². The van der Waals surface area contributed by atoms with Gasteiger partial charge in [-0.05, 0) is 44.6 Å². The van der Waals surface area contributed by atoms with Gasteiger partial charge in [0.1, 0.15) is 0 Å². The summed E-state index contributed by atoms with van der Waals surface area (Å²) in [6.07, 6.45) is 0.824. The molecule has 2 saturated carbocycles. The Morgan fingerprint density at radius 2 is 1.86 bits per heavy atom. The highest BCUT2D eigenvalue weighted by molar-refractivity contribution is 5.78. The first-order valence-corrected chi connectivity index (χ1v) is 8.05. The summed E-state index contributed by atoms with van der Waals surface area (Å²) in [5.41, 5.74) is 6.20. The Morgan fingerprint density at radius 3 is 2.41 bits per heavy atom. The molecule has 3 N–H and O–H groups in total. The van der Waals surface area contributed by atoms with Crippen LogP contribution in [0.3, 0.4) is 0 Å². The summed E-state index contributed by atoms with van der Waals surface area (Å²) in [7, 11) is 1.41. The molecule has 2 atom stereocenters. The van der Waals surface area contributed by atoms with Gasteiger partial charge < -0.3 is 11.1 Å². The molecule has 2 bridgehead atoms. The normalized spacial score (nSPS) is 32.1. The van der Waals surface area contributed by atoms with Gasteiger partial charge in [-0.2, -0.15) is 13.2 Å². The van der Waals surface area contributed by atoms with Crippen LogP contribution in [0.15, 0.2) is 0 Å². The number of carbonyl (C=O) groups is 1. The summed E-state index contributed by atoms with van der Waals surface area (Å²) in [6.45, 7) is -0.501. The second-order valence-electron chi connectivity index (χ2n) is 6.84. The quantitative estimate of drug-likeness (QED) is 0.811. The fraction of sp³-hybridized carbons (Fsp3) is 0.933. The average Bonchev–Trinajstić information content (AvgIpc) is 2.35. The topological polar surface area (TPSA) is 58.4 Å². The molecule has 2 rings (SSSR count). The van der Waals surface area contributed by atoms with Crippen molar-refractivity contribution in [1.29, 1.82) is 0 Å². The van der Waals surface area contributed by atoms with Crippen LogP contribution in [0.5, 0.6) is 0 Å². The second-order valence-corrected chi connectivity index (χ2v) is 6.84. The molecule has 0 aromatic carbocycles. The lowest BCUT2D eigenvalue weighted by Gasteiger charge is -2.43. The van der Waals surface area contributed by atoms with Crippen molar-refractivity contribution >= 4 is 5.91 Å². The highest BCUT2D eigenvalue weighted by atomic mass is 19.4. The first-order chi connectivity index (χ1) is 10.3. The number of hydrogen-bond donors (Lipinski definition) is 2. The van der Waals surface area contributed by atoms with Crippen molar-refractivity contribution in [3.05, 3.63) is 0 Å². The van der Waals surface area contributed by atoms with Crippen molar-refractivity contribution in [2.45, 2.75) is 44.3 Å². The molecule has 0 aromatic rings. The first-order valence-electron chi connectivity index (χ1n) is 8.05. The Labute approximate surface area is 129 Å². The molecule has 0 spiro atoms. The monoisotopic (exact) mass is 321 g/mol. The van der Waals surface area contributed by atoms with Crippen LogP contribution in [0, 0.1) is 17.8 Å². The predicted octanol–water partition coefficient (Wildman–Crippen LogP) is 1.75. The third kappa shape index (κ3) is 4.84. The van der Waals surface area contributed by atoms with E-state index in [9.17, 15) is 18.0 Å². The minimum atomic E-state index is -4.20. The number of fused-ring (bicyclic) bond motifs is 2. The van der Waals surface area contributed by atoms with Crippen LogP contribution in [-0.2, 0) is 4.79 Å². The molecule has 22 heavy (non-hydrogen) atoms.